The van der Waals surface area contributed by atoms with E-state index in [0.29, 0.717) is 0 Å². The van der Waals surface area contributed by atoms with Gasteiger partial charge in [0.2, 0.25) is 0 Å². The SMILES string of the molecule is CCCc1ccc(C(C)C=O)cc1Cl. The first-order valence-electron chi connectivity index (χ1n) is 4.92. The molecule has 0 saturated heterocycles. The number of benzene rings is 1. The molecule has 0 aliphatic heterocycles. The summed E-state index contributed by atoms with van der Waals surface area (Å²) >= 11 is 6.09. The molecule has 0 fully saturated rings. The molecule has 0 aliphatic carbocycles. The monoisotopic (exact) mass is 210 g/mol. The van der Waals surface area contributed by atoms with Crippen LogP contribution < -0.4 is 0 Å². The van der Waals surface area contributed by atoms with Gasteiger partial charge in [0.05, 0.1) is 0 Å². The number of carbonyl (C=O) groups is 1. The molecule has 0 aromatic heterocycles. The van der Waals surface area contributed by atoms with Gasteiger partial charge >= 0.3 is 0 Å². The summed E-state index contributed by atoms with van der Waals surface area (Å²) in [5, 5.41) is 0.776. The summed E-state index contributed by atoms with van der Waals surface area (Å²) in [6, 6.07) is 5.89. The van der Waals surface area contributed by atoms with Crippen LogP contribution in [0.25, 0.3) is 0 Å². The number of aryl methyl sites for hydroxylation is 1. The Kier molecular flexibility index (Phi) is 4.15. The van der Waals surface area contributed by atoms with Gasteiger partial charge in [-0.25, -0.2) is 0 Å². The van der Waals surface area contributed by atoms with E-state index < -0.39 is 0 Å². The molecule has 1 rings (SSSR count). The van der Waals surface area contributed by atoms with E-state index in [-0.39, 0.29) is 5.92 Å². The normalized spacial score (nSPS) is 12.5. The topological polar surface area (TPSA) is 17.1 Å². The van der Waals surface area contributed by atoms with Crippen LogP contribution in [0.2, 0.25) is 5.02 Å². The van der Waals surface area contributed by atoms with E-state index >= 15 is 0 Å². The van der Waals surface area contributed by atoms with Crippen LogP contribution in [0.1, 0.15) is 37.3 Å². The molecule has 0 saturated carbocycles. The summed E-state index contributed by atoms with van der Waals surface area (Å²) < 4.78 is 0. The van der Waals surface area contributed by atoms with Gasteiger partial charge in [0.15, 0.2) is 0 Å². The Morgan fingerprint density at radius 3 is 2.71 bits per heavy atom. The molecule has 76 valence electrons. The molecule has 0 amide bonds. The van der Waals surface area contributed by atoms with Crippen molar-refractivity contribution in [1.82, 2.24) is 0 Å². The van der Waals surface area contributed by atoms with Crippen LogP contribution in [0.4, 0.5) is 0 Å². The molecule has 0 heterocycles. The summed E-state index contributed by atoms with van der Waals surface area (Å²) in [4.78, 5) is 10.6. The zero-order valence-electron chi connectivity index (χ0n) is 8.59. The van der Waals surface area contributed by atoms with Crippen molar-refractivity contribution in [3.05, 3.63) is 34.3 Å². The van der Waals surface area contributed by atoms with Gasteiger partial charge in [-0.05, 0) is 23.6 Å². The second-order valence-corrected chi connectivity index (χ2v) is 3.93. The maximum atomic E-state index is 10.6. The Labute approximate surface area is 90.1 Å². The van der Waals surface area contributed by atoms with Gasteiger partial charge in [-0.15, -0.1) is 0 Å². The predicted octanol–water partition coefficient (Wildman–Crippen LogP) is 3.59. The molecule has 1 unspecified atom stereocenters. The summed E-state index contributed by atoms with van der Waals surface area (Å²) in [5.74, 6) is -0.0665. The molecule has 1 aromatic carbocycles. The fourth-order valence-electron chi connectivity index (χ4n) is 1.40. The van der Waals surface area contributed by atoms with E-state index in [9.17, 15) is 4.79 Å². The third-order valence-corrected chi connectivity index (χ3v) is 2.68. The average molecular weight is 211 g/mol. The molecular formula is C12H15ClO. The summed E-state index contributed by atoms with van der Waals surface area (Å²) in [7, 11) is 0. The van der Waals surface area contributed by atoms with Crippen LogP contribution in [-0.2, 0) is 11.2 Å². The third kappa shape index (κ3) is 2.58. The van der Waals surface area contributed by atoms with Gasteiger partial charge in [0.25, 0.3) is 0 Å². The van der Waals surface area contributed by atoms with Gasteiger partial charge in [-0.3, -0.25) is 0 Å². The summed E-state index contributed by atoms with van der Waals surface area (Å²) in [6.45, 7) is 4.00. The molecule has 0 radical (unpaired) electrons. The highest BCUT2D eigenvalue weighted by Gasteiger charge is 2.06. The zero-order chi connectivity index (χ0) is 10.6. The molecule has 0 bridgehead atoms. The minimum atomic E-state index is -0.0665. The van der Waals surface area contributed by atoms with E-state index in [1.54, 1.807) is 0 Å². The van der Waals surface area contributed by atoms with Crippen LogP contribution in [-0.4, -0.2) is 6.29 Å². The zero-order valence-corrected chi connectivity index (χ0v) is 9.34. The van der Waals surface area contributed by atoms with Crippen molar-refractivity contribution in [1.29, 1.82) is 0 Å². The fourth-order valence-corrected chi connectivity index (χ4v) is 1.68. The Morgan fingerprint density at radius 2 is 2.21 bits per heavy atom. The number of aldehydes is 1. The summed E-state index contributed by atoms with van der Waals surface area (Å²) in [6.07, 6.45) is 3.02. The van der Waals surface area contributed by atoms with E-state index in [1.807, 2.05) is 25.1 Å². The number of rotatable bonds is 4. The lowest BCUT2D eigenvalue weighted by Gasteiger charge is -2.07. The van der Waals surface area contributed by atoms with Gasteiger partial charge in [-0.2, -0.15) is 0 Å². The highest BCUT2D eigenvalue weighted by molar-refractivity contribution is 6.31. The maximum Gasteiger partial charge on any atom is 0.127 e. The Hall–Kier alpha value is -0.820. The Morgan fingerprint density at radius 1 is 1.50 bits per heavy atom. The van der Waals surface area contributed by atoms with Crippen molar-refractivity contribution in [3.8, 4) is 0 Å². The molecule has 0 aliphatic rings. The van der Waals surface area contributed by atoms with E-state index in [0.717, 1.165) is 35.3 Å². The molecular weight excluding hydrogens is 196 g/mol. The van der Waals surface area contributed by atoms with Crippen molar-refractivity contribution in [2.45, 2.75) is 32.6 Å². The first-order valence-corrected chi connectivity index (χ1v) is 5.30. The largest absolute Gasteiger partial charge is 0.303 e. The molecule has 0 N–H and O–H groups in total. The first-order chi connectivity index (χ1) is 6.69. The maximum absolute atomic E-state index is 10.6. The lowest BCUT2D eigenvalue weighted by atomic mass is 10.00. The number of hydrogen-bond acceptors (Lipinski definition) is 1. The van der Waals surface area contributed by atoms with Gasteiger partial charge in [-0.1, -0.05) is 44.0 Å². The molecule has 1 nitrogen and oxygen atoms in total. The minimum Gasteiger partial charge on any atom is -0.303 e. The molecule has 14 heavy (non-hydrogen) atoms. The van der Waals surface area contributed by atoms with E-state index in [2.05, 4.69) is 6.92 Å². The van der Waals surface area contributed by atoms with Gasteiger partial charge in [0.1, 0.15) is 6.29 Å². The van der Waals surface area contributed by atoms with Crippen molar-refractivity contribution in [3.63, 3.8) is 0 Å². The highest BCUT2D eigenvalue weighted by Crippen LogP contribution is 2.23. The lowest BCUT2D eigenvalue weighted by molar-refractivity contribution is -0.108. The second-order valence-electron chi connectivity index (χ2n) is 3.53. The summed E-state index contributed by atoms with van der Waals surface area (Å²) in [5.41, 5.74) is 2.15. The van der Waals surface area contributed by atoms with Gasteiger partial charge < -0.3 is 4.79 Å². The van der Waals surface area contributed by atoms with Gasteiger partial charge in [0, 0.05) is 10.9 Å². The standard InChI is InChI=1S/C12H15ClO/c1-3-4-10-5-6-11(7-12(10)13)9(2)8-14/h5-9H,3-4H2,1-2H3. The Bertz CT molecular complexity index is 320. The van der Waals surface area contributed by atoms with Crippen molar-refractivity contribution < 1.29 is 4.79 Å². The van der Waals surface area contributed by atoms with Crippen LogP contribution in [0, 0.1) is 0 Å². The van der Waals surface area contributed by atoms with Crippen molar-refractivity contribution in [2.75, 3.05) is 0 Å². The average Bonchev–Trinajstić information content (AvgIpc) is 2.20. The van der Waals surface area contributed by atoms with Crippen molar-refractivity contribution >= 4 is 17.9 Å². The lowest BCUT2D eigenvalue weighted by Crippen LogP contribution is -1.95. The predicted molar refractivity (Wildman–Crippen MR) is 59.9 cm³/mol. The number of halogens is 1. The quantitative estimate of drug-likeness (QED) is 0.695. The molecule has 1 atom stereocenters. The first kappa shape index (κ1) is 11.3. The smallest absolute Gasteiger partial charge is 0.127 e. The fraction of sp³-hybridized carbons (Fsp3) is 0.417. The van der Waals surface area contributed by atoms with Crippen LogP contribution >= 0.6 is 11.6 Å². The van der Waals surface area contributed by atoms with Crippen LogP contribution in [0.5, 0.6) is 0 Å². The molecule has 0 spiro atoms. The molecule has 2 heteroatoms. The highest BCUT2D eigenvalue weighted by atomic mass is 35.5. The van der Waals surface area contributed by atoms with Crippen LogP contribution in [0.3, 0.4) is 0 Å². The minimum absolute atomic E-state index is 0.0665. The number of hydrogen-bond donors (Lipinski definition) is 0. The second kappa shape index (κ2) is 5.16. The number of carbonyl (C=O) groups excluding carboxylic acids is 1. The Balaban J connectivity index is 2.93. The van der Waals surface area contributed by atoms with Crippen LogP contribution in [0.15, 0.2) is 18.2 Å². The van der Waals surface area contributed by atoms with E-state index in [4.69, 9.17) is 11.6 Å². The van der Waals surface area contributed by atoms with E-state index in [1.165, 1.54) is 0 Å². The van der Waals surface area contributed by atoms with Crippen molar-refractivity contribution in [2.24, 2.45) is 0 Å². The molecule has 1 aromatic rings. The third-order valence-electron chi connectivity index (χ3n) is 2.33.